The van der Waals surface area contributed by atoms with Gasteiger partial charge in [-0.1, -0.05) is 50.7 Å². The highest BCUT2D eigenvalue weighted by molar-refractivity contribution is 9.11. The largest absolute Gasteiger partial charge is 0.130 e. The summed E-state index contributed by atoms with van der Waals surface area (Å²) in [5.74, 6) is 0. The maximum Gasteiger partial charge on any atom is 0.0887 e. The fraction of sp³-hybridized carbons (Fsp3) is 0.0909. The van der Waals surface area contributed by atoms with Gasteiger partial charge >= 0.3 is 0 Å². The monoisotopic (exact) mass is 432 g/mol. The molecule has 0 spiro atoms. The third kappa shape index (κ3) is 3.40. The molecule has 0 aliphatic rings. The first-order valence-corrected chi connectivity index (χ1v) is 8.18. The molecule has 1 aromatic heterocycles. The molecule has 0 fully saturated rings. The minimum atomic E-state index is 0.0347. The van der Waals surface area contributed by atoms with Crippen LogP contribution in [0.4, 0.5) is 0 Å². The highest BCUT2D eigenvalue weighted by atomic mass is 79.9. The average molecular weight is 435 g/mol. The Labute approximate surface area is 135 Å². The van der Waals surface area contributed by atoms with Crippen LogP contribution in [0.1, 0.15) is 15.3 Å². The fourth-order valence-corrected chi connectivity index (χ4v) is 4.35. The van der Waals surface area contributed by atoms with E-state index in [0.29, 0.717) is 15.1 Å². The lowest BCUT2D eigenvalue weighted by atomic mass is 10.1. The van der Waals surface area contributed by atoms with Crippen molar-refractivity contribution in [3.05, 3.63) is 53.6 Å². The second kappa shape index (κ2) is 5.81. The van der Waals surface area contributed by atoms with E-state index in [2.05, 4.69) is 31.9 Å². The third-order valence-electron chi connectivity index (χ3n) is 2.09. The molecule has 2 rings (SSSR count). The molecule has 0 aliphatic carbocycles. The van der Waals surface area contributed by atoms with Gasteiger partial charge in [-0.25, -0.2) is 0 Å². The van der Waals surface area contributed by atoms with Crippen molar-refractivity contribution >= 4 is 78.0 Å². The molecule has 0 nitrogen and oxygen atoms in total. The molecule has 0 saturated heterocycles. The predicted octanol–water partition coefficient (Wildman–Crippen LogP) is 6.96. The highest BCUT2D eigenvalue weighted by Gasteiger charge is 2.16. The zero-order chi connectivity index (χ0) is 12.6. The van der Waals surface area contributed by atoms with E-state index < -0.39 is 0 Å². The van der Waals surface area contributed by atoms with E-state index in [1.54, 1.807) is 17.4 Å². The summed E-state index contributed by atoms with van der Waals surface area (Å²) in [4.78, 5) is 1.13. The van der Waals surface area contributed by atoms with E-state index in [1.165, 1.54) is 0 Å². The molecule has 0 amide bonds. The lowest BCUT2D eigenvalue weighted by molar-refractivity contribution is 1.23. The van der Waals surface area contributed by atoms with Crippen molar-refractivity contribution < 1.29 is 0 Å². The summed E-state index contributed by atoms with van der Waals surface area (Å²) in [5, 5.41) is 1.96. The van der Waals surface area contributed by atoms with Gasteiger partial charge in [-0.15, -0.1) is 11.3 Å². The molecule has 2 aromatic rings. The summed E-state index contributed by atoms with van der Waals surface area (Å²) >= 11 is 26.6. The van der Waals surface area contributed by atoms with Crippen molar-refractivity contribution in [3.63, 3.8) is 0 Å². The average Bonchev–Trinajstić information content (AvgIpc) is 2.57. The fourth-order valence-electron chi connectivity index (χ4n) is 1.37. The summed E-state index contributed by atoms with van der Waals surface area (Å²) in [6.45, 7) is 0. The Balaban J connectivity index is 2.39. The quantitative estimate of drug-likeness (QED) is 0.448. The van der Waals surface area contributed by atoms with Gasteiger partial charge in [0.1, 0.15) is 0 Å². The molecular formula is C11H5Br2Cl3S. The highest BCUT2D eigenvalue weighted by Crippen LogP contribution is 2.42. The Kier molecular flexibility index (Phi) is 4.84. The van der Waals surface area contributed by atoms with Crippen LogP contribution in [0.25, 0.3) is 0 Å². The first-order chi connectivity index (χ1) is 7.97. The lowest BCUT2D eigenvalue weighted by Crippen LogP contribution is -1.89. The molecule has 0 radical (unpaired) electrons. The van der Waals surface area contributed by atoms with Crippen molar-refractivity contribution in [1.82, 2.24) is 0 Å². The third-order valence-corrected chi connectivity index (χ3v) is 6.39. The summed E-state index contributed by atoms with van der Waals surface area (Å²) in [6, 6.07) is 7.40. The van der Waals surface area contributed by atoms with Crippen LogP contribution in [-0.4, -0.2) is 0 Å². The van der Waals surface area contributed by atoms with Crippen molar-refractivity contribution in [2.24, 2.45) is 0 Å². The predicted molar refractivity (Wildman–Crippen MR) is 84.3 cm³/mol. The number of alkyl halides is 1. The van der Waals surface area contributed by atoms with Crippen molar-refractivity contribution in [1.29, 1.82) is 0 Å². The molecule has 0 bridgehead atoms. The molecule has 1 heterocycles. The standard InChI is InChI=1S/C11H5Br2Cl3S/c12-10(9-4-8(16)11(13)17-9)5-1-6(14)3-7(15)2-5/h1-4,10H. The van der Waals surface area contributed by atoms with Crippen LogP contribution >= 0.6 is 78.0 Å². The summed E-state index contributed by atoms with van der Waals surface area (Å²) in [7, 11) is 0. The maximum atomic E-state index is 6.01. The normalized spacial score (nSPS) is 12.8. The van der Waals surface area contributed by atoms with Gasteiger partial charge < -0.3 is 0 Å². The van der Waals surface area contributed by atoms with E-state index >= 15 is 0 Å². The Morgan fingerprint density at radius 2 is 1.59 bits per heavy atom. The molecular weight excluding hydrogens is 430 g/mol. The maximum absolute atomic E-state index is 6.01. The Bertz CT molecular complexity index is 514. The number of halogens is 5. The van der Waals surface area contributed by atoms with Gasteiger partial charge in [-0.3, -0.25) is 0 Å². The van der Waals surface area contributed by atoms with Gasteiger partial charge in [0.05, 0.1) is 13.6 Å². The van der Waals surface area contributed by atoms with E-state index in [-0.39, 0.29) is 4.83 Å². The van der Waals surface area contributed by atoms with E-state index in [9.17, 15) is 0 Å². The molecule has 1 aromatic carbocycles. The number of hydrogen-bond donors (Lipinski definition) is 0. The van der Waals surface area contributed by atoms with Crippen LogP contribution in [-0.2, 0) is 0 Å². The Morgan fingerprint density at radius 1 is 1.00 bits per heavy atom. The summed E-state index contributed by atoms with van der Waals surface area (Å²) in [5.41, 5.74) is 1.01. The van der Waals surface area contributed by atoms with Crippen LogP contribution in [0.3, 0.4) is 0 Å². The van der Waals surface area contributed by atoms with Crippen LogP contribution in [0, 0.1) is 0 Å². The van der Waals surface area contributed by atoms with Gasteiger partial charge in [0, 0.05) is 14.9 Å². The van der Waals surface area contributed by atoms with E-state index in [0.717, 1.165) is 14.2 Å². The molecule has 6 heteroatoms. The number of thiophene rings is 1. The van der Waals surface area contributed by atoms with Crippen molar-refractivity contribution in [3.8, 4) is 0 Å². The van der Waals surface area contributed by atoms with Crippen molar-refractivity contribution in [2.45, 2.75) is 4.83 Å². The van der Waals surface area contributed by atoms with E-state index in [4.69, 9.17) is 34.8 Å². The van der Waals surface area contributed by atoms with Gasteiger partial charge in [0.2, 0.25) is 0 Å². The zero-order valence-corrected chi connectivity index (χ0v) is 14.4. The Hall–Kier alpha value is 0.750. The van der Waals surface area contributed by atoms with Crippen LogP contribution in [0.2, 0.25) is 15.1 Å². The van der Waals surface area contributed by atoms with Crippen LogP contribution < -0.4 is 0 Å². The first-order valence-electron chi connectivity index (χ1n) is 4.52. The summed E-state index contributed by atoms with van der Waals surface area (Å²) < 4.78 is 0.923. The molecule has 1 unspecified atom stereocenters. The Morgan fingerprint density at radius 3 is 2.06 bits per heavy atom. The molecule has 90 valence electrons. The second-order valence-electron chi connectivity index (χ2n) is 3.34. The first kappa shape index (κ1) is 14.2. The molecule has 0 saturated carbocycles. The van der Waals surface area contributed by atoms with Gasteiger partial charge in [0.25, 0.3) is 0 Å². The molecule has 0 aliphatic heterocycles. The van der Waals surface area contributed by atoms with Crippen molar-refractivity contribution in [2.75, 3.05) is 0 Å². The molecule has 1 atom stereocenters. The number of benzene rings is 1. The summed E-state index contributed by atoms with van der Waals surface area (Å²) in [6.07, 6.45) is 0. The SMILES string of the molecule is Clc1cc(Cl)cc(C(Br)c2cc(Cl)c(Br)s2)c1. The minimum absolute atomic E-state index is 0.0347. The van der Waals surface area contributed by atoms with E-state index in [1.807, 2.05) is 18.2 Å². The van der Waals surface area contributed by atoms with Crippen LogP contribution in [0.15, 0.2) is 28.1 Å². The number of rotatable bonds is 2. The molecule has 17 heavy (non-hydrogen) atoms. The zero-order valence-electron chi connectivity index (χ0n) is 8.18. The minimum Gasteiger partial charge on any atom is -0.130 e. The topological polar surface area (TPSA) is 0 Å². The van der Waals surface area contributed by atoms with Gasteiger partial charge in [-0.2, -0.15) is 0 Å². The number of hydrogen-bond acceptors (Lipinski definition) is 1. The van der Waals surface area contributed by atoms with Crippen LogP contribution in [0.5, 0.6) is 0 Å². The second-order valence-corrected chi connectivity index (χ2v) is 7.93. The van der Waals surface area contributed by atoms with Gasteiger partial charge in [0.15, 0.2) is 0 Å². The smallest absolute Gasteiger partial charge is 0.0887 e. The van der Waals surface area contributed by atoms with Gasteiger partial charge in [-0.05, 0) is 45.8 Å². The molecule has 0 N–H and O–H groups in total. The lowest BCUT2D eigenvalue weighted by Gasteiger charge is -2.09.